The van der Waals surface area contributed by atoms with Crippen molar-refractivity contribution < 1.29 is 8.42 Å². The van der Waals surface area contributed by atoms with E-state index < -0.39 is 10.0 Å². The minimum atomic E-state index is -3.21. The lowest BCUT2D eigenvalue weighted by Gasteiger charge is -2.14. The first-order valence-corrected chi connectivity index (χ1v) is 7.72. The molecule has 0 unspecified atom stereocenters. The van der Waals surface area contributed by atoms with Crippen molar-refractivity contribution in [2.75, 3.05) is 37.4 Å². The highest BCUT2D eigenvalue weighted by atomic mass is 32.2. The van der Waals surface area contributed by atoms with Crippen molar-refractivity contribution in [3.05, 3.63) is 11.9 Å². The van der Waals surface area contributed by atoms with E-state index >= 15 is 0 Å². The van der Waals surface area contributed by atoms with Crippen LogP contribution in [0, 0.1) is 0 Å². The molecule has 8 heteroatoms. The number of nitrogens with one attached hydrogen (secondary N) is 1. The van der Waals surface area contributed by atoms with Crippen molar-refractivity contribution in [1.29, 1.82) is 0 Å². The minimum absolute atomic E-state index is 0.00940. The predicted octanol–water partition coefficient (Wildman–Crippen LogP) is 0.315. The van der Waals surface area contributed by atoms with E-state index in [1.165, 1.54) is 24.7 Å². The molecule has 0 aromatic carbocycles. The van der Waals surface area contributed by atoms with Crippen LogP contribution in [0.25, 0.3) is 0 Å². The van der Waals surface area contributed by atoms with Gasteiger partial charge in [0.25, 0.3) is 0 Å². The number of anilines is 2. The molecule has 0 bridgehead atoms. The zero-order valence-corrected chi connectivity index (χ0v) is 12.4. The van der Waals surface area contributed by atoms with Crippen LogP contribution in [-0.2, 0) is 16.4 Å². The molecule has 0 aliphatic heterocycles. The molecule has 108 valence electrons. The first kappa shape index (κ1) is 15.6. The van der Waals surface area contributed by atoms with E-state index in [0.717, 1.165) is 18.4 Å². The second kappa shape index (κ2) is 6.67. The van der Waals surface area contributed by atoms with Crippen molar-refractivity contribution in [2.45, 2.75) is 19.8 Å². The van der Waals surface area contributed by atoms with Gasteiger partial charge in [0, 0.05) is 26.2 Å². The average Bonchev–Trinajstić information content (AvgIpc) is 2.33. The lowest BCUT2D eigenvalue weighted by molar-refractivity contribution is 0.521. The molecule has 0 fully saturated rings. The summed E-state index contributed by atoms with van der Waals surface area (Å²) in [5, 5.41) is 3.01. The Kier molecular flexibility index (Phi) is 5.49. The molecule has 0 aliphatic rings. The second-order valence-corrected chi connectivity index (χ2v) is 6.66. The summed E-state index contributed by atoms with van der Waals surface area (Å²) in [5.41, 5.74) is 6.64. The lowest BCUT2D eigenvalue weighted by Crippen LogP contribution is -2.28. The molecule has 0 aliphatic carbocycles. The van der Waals surface area contributed by atoms with Gasteiger partial charge in [-0.1, -0.05) is 13.3 Å². The third-order valence-corrected chi connectivity index (χ3v) is 4.52. The van der Waals surface area contributed by atoms with Gasteiger partial charge in [0.1, 0.15) is 18.0 Å². The van der Waals surface area contributed by atoms with Gasteiger partial charge in [-0.15, -0.1) is 0 Å². The van der Waals surface area contributed by atoms with Gasteiger partial charge in [-0.3, -0.25) is 0 Å². The zero-order chi connectivity index (χ0) is 14.5. The van der Waals surface area contributed by atoms with Gasteiger partial charge in [-0.2, -0.15) is 0 Å². The van der Waals surface area contributed by atoms with Crippen LogP contribution < -0.4 is 11.1 Å². The second-order valence-electron chi connectivity index (χ2n) is 4.36. The number of rotatable bonds is 7. The monoisotopic (exact) mass is 287 g/mol. The highest BCUT2D eigenvalue weighted by molar-refractivity contribution is 7.89. The fourth-order valence-corrected chi connectivity index (χ4v) is 2.28. The molecule has 1 rings (SSSR count). The van der Waals surface area contributed by atoms with Gasteiger partial charge in [0.15, 0.2) is 0 Å². The molecule has 0 atom stereocenters. The van der Waals surface area contributed by atoms with E-state index in [1.807, 2.05) is 6.92 Å². The quantitative estimate of drug-likeness (QED) is 0.748. The number of nitrogens with two attached hydrogens (primary N) is 1. The van der Waals surface area contributed by atoms with Crippen LogP contribution in [0.15, 0.2) is 6.33 Å². The van der Waals surface area contributed by atoms with E-state index in [9.17, 15) is 8.42 Å². The number of sulfonamides is 1. The van der Waals surface area contributed by atoms with Gasteiger partial charge in [-0.05, 0) is 6.42 Å². The predicted molar refractivity (Wildman–Crippen MR) is 76.4 cm³/mol. The molecule has 0 radical (unpaired) electrons. The molecule has 19 heavy (non-hydrogen) atoms. The molecular formula is C11H21N5O2S. The molecule has 1 aromatic rings. The Morgan fingerprint density at radius 3 is 2.63 bits per heavy atom. The average molecular weight is 287 g/mol. The number of nitrogens with zero attached hydrogens (tertiary/aromatic N) is 3. The SMILES string of the molecule is CCCc1c(N)ncnc1NCCS(=O)(=O)N(C)C. The van der Waals surface area contributed by atoms with E-state index in [4.69, 9.17) is 5.73 Å². The maximum absolute atomic E-state index is 11.6. The number of hydrogen-bond acceptors (Lipinski definition) is 6. The Balaban J connectivity index is 2.71. The van der Waals surface area contributed by atoms with Crippen LogP contribution >= 0.6 is 0 Å². The van der Waals surface area contributed by atoms with Gasteiger partial charge in [0.2, 0.25) is 10.0 Å². The fraction of sp³-hybridized carbons (Fsp3) is 0.636. The van der Waals surface area contributed by atoms with Crippen molar-refractivity contribution in [3.8, 4) is 0 Å². The summed E-state index contributed by atoms with van der Waals surface area (Å²) in [6.07, 6.45) is 3.05. The summed E-state index contributed by atoms with van der Waals surface area (Å²) in [6, 6.07) is 0. The van der Waals surface area contributed by atoms with Crippen LogP contribution in [0.3, 0.4) is 0 Å². The van der Waals surface area contributed by atoms with Crippen molar-refractivity contribution in [3.63, 3.8) is 0 Å². The molecular weight excluding hydrogens is 266 g/mol. The molecule has 1 aromatic heterocycles. The Labute approximate surface area is 114 Å². The summed E-state index contributed by atoms with van der Waals surface area (Å²) in [6.45, 7) is 2.32. The summed E-state index contributed by atoms with van der Waals surface area (Å²) in [7, 11) is -0.179. The molecule has 0 spiro atoms. The Bertz CT molecular complexity index is 516. The standard InChI is InChI=1S/C11H21N5O2S/c1-4-5-9-10(12)14-8-15-11(9)13-6-7-19(17,18)16(2)3/h8H,4-7H2,1-3H3,(H3,12,13,14,15). The molecule has 7 nitrogen and oxygen atoms in total. The van der Waals surface area contributed by atoms with E-state index in [1.54, 1.807) is 0 Å². The van der Waals surface area contributed by atoms with E-state index in [2.05, 4.69) is 15.3 Å². The summed E-state index contributed by atoms with van der Waals surface area (Å²) >= 11 is 0. The van der Waals surface area contributed by atoms with Crippen molar-refractivity contribution >= 4 is 21.7 Å². The van der Waals surface area contributed by atoms with Crippen LogP contribution in [0.2, 0.25) is 0 Å². The number of nitrogen functional groups attached to an aromatic ring is 1. The van der Waals surface area contributed by atoms with Gasteiger partial charge in [0.05, 0.1) is 5.75 Å². The summed E-state index contributed by atoms with van der Waals surface area (Å²) in [4.78, 5) is 8.06. The number of hydrogen-bond donors (Lipinski definition) is 2. The lowest BCUT2D eigenvalue weighted by atomic mass is 10.1. The highest BCUT2D eigenvalue weighted by Crippen LogP contribution is 2.18. The summed E-state index contributed by atoms with van der Waals surface area (Å²) in [5.74, 6) is 1.06. The first-order chi connectivity index (χ1) is 8.88. The largest absolute Gasteiger partial charge is 0.383 e. The number of aromatic nitrogens is 2. The van der Waals surface area contributed by atoms with Crippen LogP contribution in [0.1, 0.15) is 18.9 Å². The van der Waals surface area contributed by atoms with E-state index in [-0.39, 0.29) is 12.3 Å². The molecule has 1 heterocycles. The fourth-order valence-electron chi connectivity index (χ4n) is 1.56. The Hall–Kier alpha value is -1.41. The van der Waals surface area contributed by atoms with Crippen LogP contribution in [-0.4, -0.2) is 49.1 Å². The third kappa shape index (κ3) is 4.32. The first-order valence-electron chi connectivity index (χ1n) is 6.12. The van der Waals surface area contributed by atoms with Crippen LogP contribution in [0.4, 0.5) is 11.6 Å². The highest BCUT2D eigenvalue weighted by Gasteiger charge is 2.14. The van der Waals surface area contributed by atoms with Crippen molar-refractivity contribution in [1.82, 2.24) is 14.3 Å². The Morgan fingerprint density at radius 2 is 2.05 bits per heavy atom. The molecule has 0 saturated carbocycles. The normalized spacial score (nSPS) is 11.8. The van der Waals surface area contributed by atoms with E-state index in [0.29, 0.717) is 11.6 Å². The zero-order valence-electron chi connectivity index (χ0n) is 11.5. The molecule has 0 saturated heterocycles. The maximum atomic E-state index is 11.6. The maximum Gasteiger partial charge on any atom is 0.215 e. The molecule has 3 N–H and O–H groups in total. The minimum Gasteiger partial charge on any atom is -0.383 e. The van der Waals surface area contributed by atoms with Gasteiger partial charge < -0.3 is 11.1 Å². The smallest absolute Gasteiger partial charge is 0.215 e. The topological polar surface area (TPSA) is 101 Å². The Morgan fingerprint density at radius 1 is 1.37 bits per heavy atom. The van der Waals surface area contributed by atoms with Gasteiger partial charge >= 0.3 is 0 Å². The molecule has 0 amide bonds. The summed E-state index contributed by atoms with van der Waals surface area (Å²) < 4.78 is 24.5. The van der Waals surface area contributed by atoms with Crippen LogP contribution in [0.5, 0.6) is 0 Å². The van der Waals surface area contributed by atoms with Crippen molar-refractivity contribution in [2.24, 2.45) is 0 Å². The third-order valence-electron chi connectivity index (χ3n) is 2.69. The van der Waals surface area contributed by atoms with Gasteiger partial charge in [-0.25, -0.2) is 22.7 Å².